The van der Waals surface area contributed by atoms with E-state index in [4.69, 9.17) is 4.74 Å². The monoisotopic (exact) mass is 667 g/mol. The molecule has 1 aliphatic carbocycles. The number of hydrogen-bond donors (Lipinski definition) is 1. The molecule has 0 radical (unpaired) electrons. The highest BCUT2D eigenvalue weighted by atomic mass is 16.5. The molecule has 0 saturated heterocycles. The molecule has 1 saturated carbocycles. The topological polar surface area (TPSA) is 63.6 Å². The van der Waals surface area contributed by atoms with Gasteiger partial charge in [0.1, 0.15) is 5.75 Å². The van der Waals surface area contributed by atoms with Crippen molar-refractivity contribution in [3.63, 3.8) is 0 Å². The number of nitrogens with zero attached hydrogens (tertiary/aromatic N) is 2. The van der Waals surface area contributed by atoms with Gasteiger partial charge in [-0.2, -0.15) is 0 Å². The fourth-order valence-electron chi connectivity index (χ4n) is 7.46. The Kier molecular flexibility index (Phi) is 13.1. The van der Waals surface area contributed by atoms with Crippen LogP contribution in [0.25, 0.3) is 28.2 Å². The number of hydrogen-bond acceptors (Lipinski definition) is 4. The molecule has 1 aliphatic heterocycles. The summed E-state index contributed by atoms with van der Waals surface area (Å²) >= 11 is 0. The van der Waals surface area contributed by atoms with E-state index in [1.807, 2.05) is 24.1 Å². The third kappa shape index (κ3) is 8.22. The van der Waals surface area contributed by atoms with E-state index < -0.39 is 0 Å². The smallest absolute Gasteiger partial charge is 0.255 e. The number of rotatable bonds is 11. The number of benzene rings is 2. The number of methoxy groups -OCH3 is 1. The molecule has 5 rings (SSSR count). The zero-order valence-electron chi connectivity index (χ0n) is 31.5. The maximum absolute atomic E-state index is 14.1. The van der Waals surface area contributed by atoms with Crippen LogP contribution in [0.1, 0.15) is 122 Å². The number of aromatic nitrogens is 1. The van der Waals surface area contributed by atoms with Crippen LogP contribution in [0.15, 0.2) is 65.9 Å². The van der Waals surface area contributed by atoms with E-state index in [9.17, 15) is 9.59 Å². The Bertz CT molecular complexity index is 1720. The molecule has 0 spiro atoms. The van der Waals surface area contributed by atoms with Gasteiger partial charge in [0.05, 0.1) is 30.6 Å². The van der Waals surface area contributed by atoms with Crippen molar-refractivity contribution >= 4 is 28.7 Å². The van der Waals surface area contributed by atoms with Gasteiger partial charge in [0, 0.05) is 43.1 Å². The van der Waals surface area contributed by atoms with Gasteiger partial charge in [0.15, 0.2) is 5.78 Å². The van der Waals surface area contributed by atoms with Crippen LogP contribution in [-0.4, -0.2) is 47.9 Å². The number of carbonyl (C=O) groups is 2. The molecule has 2 aromatic carbocycles. The van der Waals surface area contributed by atoms with Gasteiger partial charge in [-0.05, 0) is 98.4 Å². The molecule has 266 valence electrons. The number of Topliss-reactive ketones (excluding diaryl/α,β-unsaturated/α-hetero) is 1. The molecule has 1 aromatic heterocycles. The zero-order valence-corrected chi connectivity index (χ0v) is 31.5. The van der Waals surface area contributed by atoms with Crippen LogP contribution in [0, 0.1) is 5.92 Å². The lowest BCUT2D eigenvalue weighted by Gasteiger charge is -2.28. The highest BCUT2D eigenvalue weighted by molar-refractivity contribution is 6.02. The Morgan fingerprint density at radius 2 is 1.73 bits per heavy atom. The van der Waals surface area contributed by atoms with Crippen molar-refractivity contribution < 1.29 is 15.8 Å². The van der Waals surface area contributed by atoms with Crippen LogP contribution in [0.2, 0.25) is 0 Å². The fraction of sp³-hybridized carbons (Fsp3) is 0.488. The lowest BCUT2D eigenvalue weighted by atomic mass is 9.81. The van der Waals surface area contributed by atoms with Crippen LogP contribution >= 0.6 is 0 Å². The number of ketones is 1. The average Bonchev–Trinajstić information content (AvgIpc) is 3.31. The van der Waals surface area contributed by atoms with Crippen molar-refractivity contribution in [1.82, 2.24) is 14.8 Å². The van der Waals surface area contributed by atoms with E-state index in [2.05, 4.69) is 88.3 Å². The maximum Gasteiger partial charge on any atom is 0.255 e. The first-order chi connectivity index (χ1) is 23.5. The standard InChI is InChI=1S/C39H49N3O3.C4H10.H2/c1-8-30(9-2)41(6)39(44)32(10-3)37(40-11-4)29-21-28-22-31(45-7)18-20-33(28)38-36(26-15-13-12-14-16-26)34-19-17-27(25(5)43)23-35(34)42(38)24-29;1-4(2)3;/h10,17-23,26,30,40H,3,8-9,11-16,24H2,1-2,4-7H3;4H,1-3H3;1H/b37-32+;;. The van der Waals surface area contributed by atoms with Crippen LogP contribution < -0.4 is 10.1 Å². The summed E-state index contributed by atoms with van der Waals surface area (Å²) in [5.74, 6) is 2.08. The number of nitrogens with one attached hydrogen (secondary N) is 1. The lowest BCUT2D eigenvalue weighted by molar-refractivity contribution is -0.127. The Morgan fingerprint density at radius 1 is 1.06 bits per heavy atom. The van der Waals surface area contributed by atoms with Gasteiger partial charge < -0.3 is 19.5 Å². The number of fused-ring (bicyclic) bond motifs is 5. The summed E-state index contributed by atoms with van der Waals surface area (Å²) in [5.41, 5.74) is 8.90. The minimum Gasteiger partial charge on any atom is -0.497 e. The molecular weight excluding hydrogens is 606 g/mol. The number of likely N-dealkylation sites (N-methyl/N-ethyl adjacent to an activating group) is 2. The van der Waals surface area contributed by atoms with E-state index in [-0.39, 0.29) is 19.2 Å². The molecule has 1 N–H and O–H groups in total. The van der Waals surface area contributed by atoms with E-state index in [0.717, 1.165) is 65.3 Å². The Balaban J connectivity index is 0.00000128. The Morgan fingerprint density at radius 3 is 2.31 bits per heavy atom. The van der Waals surface area contributed by atoms with Crippen LogP contribution in [0.4, 0.5) is 0 Å². The Hall–Kier alpha value is -4.06. The second kappa shape index (κ2) is 17.0. The van der Waals surface area contributed by atoms with Crippen molar-refractivity contribution in [2.45, 2.75) is 112 Å². The van der Waals surface area contributed by atoms with Gasteiger partial charge in [-0.1, -0.05) is 78.7 Å². The largest absolute Gasteiger partial charge is 0.497 e. The molecule has 1 amide bonds. The van der Waals surface area contributed by atoms with E-state index in [0.29, 0.717) is 30.1 Å². The molecule has 6 heteroatoms. The summed E-state index contributed by atoms with van der Waals surface area (Å²) in [7, 11) is 3.59. The second-order valence-corrected chi connectivity index (χ2v) is 14.2. The summed E-state index contributed by atoms with van der Waals surface area (Å²) in [6.45, 7) is 19.7. The van der Waals surface area contributed by atoms with Gasteiger partial charge in [0.25, 0.3) is 5.91 Å². The third-order valence-electron chi connectivity index (χ3n) is 9.88. The van der Waals surface area contributed by atoms with Crippen molar-refractivity contribution in [1.29, 1.82) is 0 Å². The second-order valence-electron chi connectivity index (χ2n) is 14.2. The first-order valence-corrected chi connectivity index (χ1v) is 18.4. The normalized spacial score (nSPS) is 15.0. The minimum atomic E-state index is -0.0370. The molecule has 0 atom stereocenters. The van der Waals surface area contributed by atoms with Crippen LogP contribution in [0.5, 0.6) is 5.75 Å². The van der Waals surface area contributed by atoms with E-state index in [1.165, 1.54) is 35.9 Å². The van der Waals surface area contributed by atoms with Gasteiger partial charge >= 0.3 is 0 Å². The number of amides is 1. The minimum absolute atomic E-state index is 0. The molecule has 6 nitrogen and oxygen atoms in total. The summed E-state index contributed by atoms with van der Waals surface area (Å²) < 4.78 is 8.10. The lowest BCUT2D eigenvalue weighted by Crippen LogP contribution is -2.38. The first-order valence-electron chi connectivity index (χ1n) is 18.4. The van der Waals surface area contributed by atoms with E-state index in [1.54, 1.807) is 20.1 Å². The number of carbonyl (C=O) groups excluding carboxylic acids is 2. The first kappa shape index (κ1) is 37.8. The predicted octanol–water partition coefficient (Wildman–Crippen LogP) is 10.6. The summed E-state index contributed by atoms with van der Waals surface area (Å²) in [6.07, 6.45) is 11.7. The van der Waals surface area contributed by atoms with Crippen LogP contribution in [0.3, 0.4) is 0 Å². The molecule has 1 fully saturated rings. The van der Waals surface area contributed by atoms with Crippen molar-refractivity contribution in [3.8, 4) is 17.0 Å². The van der Waals surface area contributed by atoms with Gasteiger partial charge in [-0.15, -0.1) is 0 Å². The van der Waals surface area contributed by atoms with Gasteiger partial charge in [-0.3, -0.25) is 9.59 Å². The molecular formula is C43H61N3O3. The average molecular weight is 668 g/mol. The van der Waals surface area contributed by atoms with Gasteiger partial charge in [-0.25, -0.2) is 0 Å². The highest BCUT2D eigenvalue weighted by Gasteiger charge is 2.31. The van der Waals surface area contributed by atoms with Crippen molar-refractivity contribution in [3.05, 3.63) is 82.6 Å². The summed E-state index contributed by atoms with van der Waals surface area (Å²) in [6, 6.07) is 12.7. The van der Waals surface area contributed by atoms with Gasteiger partial charge in [0.2, 0.25) is 0 Å². The zero-order chi connectivity index (χ0) is 35.8. The quantitative estimate of drug-likeness (QED) is 0.126. The predicted molar refractivity (Wildman–Crippen MR) is 208 cm³/mol. The highest BCUT2D eigenvalue weighted by Crippen LogP contribution is 2.47. The summed E-state index contributed by atoms with van der Waals surface area (Å²) in [4.78, 5) is 28.6. The molecule has 49 heavy (non-hydrogen) atoms. The van der Waals surface area contributed by atoms with Crippen LogP contribution in [-0.2, 0) is 11.3 Å². The fourth-order valence-corrected chi connectivity index (χ4v) is 7.46. The third-order valence-corrected chi connectivity index (χ3v) is 9.88. The van der Waals surface area contributed by atoms with E-state index >= 15 is 0 Å². The molecule has 0 unspecified atom stereocenters. The van der Waals surface area contributed by atoms with Crippen molar-refractivity contribution in [2.24, 2.45) is 5.92 Å². The van der Waals surface area contributed by atoms with Crippen molar-refractivity contribution in [2.75, 3.05) is 20.7 Å². The molecule has 0 bridgehead atoms. The number of allylic oxidation sites excluding steroid dienone is 1. The molecule has 3 aromatic rings. The molecule has 2 heterocycles. The summed E-state index contributed by atoms with van der Waals surface area (Å²) in [5, 5.41) is 4.79. The maximum atomic E-state index is 14.1. The SMILES string of the molecule is C=C/C(C(=O)N(C)C(CC)CC)=C(\NCC)C1=Cc2cc(OC)ccc2-c2c(C3CCCCC3)c3ccc(C(C)=O)cc3n2C1.CC(C)C.[HH]. The Labute approximate surface area is 296 Å². The number of ether oxygens (including phenoxy) is 1. The molecule has 2 aliphatic rings.